The number of nitro groups is 1. The second-order valence-electron chi connectivity index (χ2n) is 7.97. The number of pyridine rings is 1. The number of fused-ring (bicyclic) bond motifs is 2. The van der Waals surface area contributed by atoms with E-state index in [1.165, 1.54) is 23.5 Å². The number of ether oxygens (including phenoxy) is 1. The molecule has 162 valence electrons. The van der Waals surface area contributed by atoms with Crippen LogP contribution in [0.15, 0.2) is 36.5 Å². The second-order valence-corrected chi connectivity index (χ2v) is 7.97. The number of hydrogen-bond acceptors (Lipinski definition) is 6. The number of imidazole rings is 1. The standard InChI is InChI=1S/C16H17FN2.C6H7N3O3/c1-11-9-12(3-5-14(11)17)15-6-4-13-10-19(2)8-7-16(13)18-15;1-4-2-8-3-5(9(10)11)7-6(8)12-4/h3-6,9H,7-8,10H2,1-2H3;3-4H,2H2,1H3. The topological polar surface area (TPSA) is 86.3 Å². The number of aromatic nitrogens is 3. The highest BCUT2D eigenvalue weighted by Crippen LogP contribution is 2.25. The molecule has 5 rings (SSSR count). The van der Waals surface area contributed by atoms with Crippen LogP contribution in [0.2, 0.25) is 0 Å². The highest BCUT2D eigenvalue weighted by Gasteiger charge is 2.28. The summed E-state index contributed by atoms with van der Waals surface area (Å²) in [4.78, 5) is 20.5. The summed E-state index contributed by atoms with van der Waals surface area (Å²) in [6.45, 7) is 6.32. The zero-order valence-corrected chi connectivity index (χ0v) is 17.7. The van der Waals surface area contributed by atoms with Crippen molar-refractivity contribution in [1.29, 1.82) is 0 Å². The van der Waals surface area contributed by atoms with Gasteiger partial charge in [-0.25, -0.2) is 4.39 Å². The number of benzene rings is 1. The molecule has 0 N–H and O–H groups in total. The smallest absolute Gasteiger partial charge is 0.414 e. The molecule has 0 spiro atoms. The average molecular weight is 425 g/mol. The van der Waals surface area contributed by atoms with Crippen LogP contribution in [-0.2, 0) is 19.5 Å². The zero-order valence-electron chi connectivity index (χ0n) is 17.7. The molecular weight excluding hydrogens is 401 g/mol. The first-order valence-electron chi connectivity index (χ1n) is 10.1. The van der Waals surface area contributed by atoms with Crippen molar-refractivity contribution < 1.29 is 14.1 Å². The van der Waals surface area contributed by atoms with E-state index in [-0.39, 0.29) is 17.7 Å². The molecule has 0 radical (unpaired) electrons. The first-order chi connectivity index (χ1) is 14.8. The van der Waals surface area contributed by atoms with Gasteiger partial charge in [-0.05, 0) is 61.2 Å². The van der Waals surface area contributed by atoms with E-state index in [0.717, 1.165) is 30.8 Å². The monoisotopic (exact) mass is 425 g/mol. The number of hydrogen-bond donors (Lipinski definition) is 0. The average Bonchev–Trinajstić information content (AvgIpc) is 3.28. The van der Waals surface area contributed by atoms with E-state index in [9.17, 15) is 14.5 Å². The molecule has 9 heteroatoms. The van der Waals surface area contributed by atoms with Crippen molar-refractivity contribution in [3.05, 3.63) is 69.3 Å². The summed E-state index contributed by atoms with van der Waals surface area (Å²) in [6.07, 6.45) is 2.44. The quantitative estimate of drug-likeness (QED) is 0.459. The summed E-state index contributed by atoms with van der Waals surface area (Å²) < 4.78 is 20.1. The maximum absolute atomic E-state index is 13.3. The highest BCUT2D eigenvalue weighted by atomic mass is 19.1. The largest absolute Gasteiger partial charge is 0.441 e. The number of aryl methyl sites for hydroxylation is 1. The molecular formula is C22H24FN5O3. The number of rotatable bonds is 2. The predicted octanol–water partition coefficient (Wildman–Crippen LogP) is 3.76. The number of nitrogens with zero attached hydrogens (tertiary/aromatic N) is 5. The number of halogens is 1. The molecule has 0 aliphatic carbocycles. The molecule has 2 aliphatic rings. The maximum atomic E-state index is 13.3. The van der Waals surface area contributed by atoms with Gasteiger partial charge in [0.15, 0.2) is 0 Å². The Morgan fingerprint density at radius 1 is 1.26 bits per heavy atom. The fourth-order valence-electron chi connectivity index (χ4n) is 3.71. The first kappa shape index (κ1) is 20.9. The maximum Gasteiger partial charge on any atom is 0.414 e. The van der Waals surface area contributed by atoms with Crippen LogP contribution in [0.4, 0.5) is 10.2 Å². The molecule has 3 aromatic rings. The van der Waals surface area contributed by atoms with Crippen molar-refractivity contribution >= 4 is 5.82 Å². The van der Waals surface area contributed by atoms with E-state index in [2.05, 4.69) is 23.0 Å². The first-order valence-corrected chi connectivity index (χ1v) is 10.1. The van der Waals surface area contributed by atoms with Gasteiger partial charge in [0.25, 0.3) is 0 Å². The van der Waals surface area contributed by atoms with Gasteiger partial charge >= 0.3 is 11.8 Å². The summed E-state index contributed by atoms with van der Waals surface area (Å²) in [7, 11) is 2.13. The van der Waals surface area contributed by atoms with Gasteiger partial charge in [-0.15, -0.1) is 0 Å². The fourth-order valence-corrected chi connectivity index (χ4v) is 3.71. The van der Waals surface area contributed by atoms with Crippen molar-refractivity contribution in [3.63, 3.8) is 0 Å². The molecule has 0 fully saturated rings. The predicted molar refractivity (Wildman–Crippen MR) is 113 cm³/mol. The van der Waals surface area contributed by atoms with Crippen molar-refractivity contribution in [2.24, 2.45) is 0 Å². The van der Waals surface area contributed by atoms with Crippen molar-refractivity contribution in [2.45, 2.75) is 39.5 Å². The van der Waals surface area contributed by atoms with Crippen LogP contribution >= 0.6 is 0 Å². The lowest BCUT2D eigenvalue weighted by molar-refractivity contribution is -0.389. The van der Waals surface area contributed by atoms with Crippen LogP contribution in [0.5, 0.6) is 6.01 Å². The molecule has 31 heavy (non-hydrogen) atoms. The third kappa shape index (κ3) is 4.56. The lowest BCUT2D eigenvalue weighted by Crippen LogP contribution is -2.27. The molecule has 8 nitrogen and oxygen atoms in total. The van der Waals surface area contributed by atoms with E-state index in [0.29, 0.717) is 18.1 Å². The summed E-state index contributed by atoms with van der Waals surface area (Å²) in [5, 5.41) is 10.3. The molecule has 2 aromatic heterocycles. The molecule has 0 amide bonds. The van der Waals surface area contributed by atoms with Crippen LogP contribution in [0, 0.1) is 22.9 Å². The van der Waals surface area contributed by atoms with E-state index in [4.69, 9.17) is 9.72 Å². The normalized spacial score (nSPS) is 17.2. The van der Waals surface area contributed by atoms with Crippen LogP contribution < -0.4 is 4.74 Å². The van der Waals surface area contributed by atoms with E-state index < -0.39 is 4.92 Å². The Kier molecular flexibility index (Phi) is 5.69. The molecule has 0 saturated carbocycles. The van der Waals surface area contributed by atoms with E-state index >= 15 is 0 Å². The summed E-state index contributed by atoms with van der Waals surface area (Å²) in [5.41, 5.74) is 5.07. The van der Waals surface area contributed by atoms with E-state index in [1.54, 1.807) is 17.6 Å². The van der Waals surface area contributed by atoms with Crippen LogP contribution in [0.1, 0.15) is 23.7 Å². The van der Waals surface area contributed by atoms with Gasteiger partial charge in [-0.1, -0.05) is 6.07 Å². The van der Waals surface area contributed by atoms with Gasteiger partial charge in [-0.2, -0.15) is 0 Å². The minimum atomic E-state index is -0.528. The molecule has 1 unspecified atom stereocenters. The molecule has 4 heterocycles. The second kappa shape index (κ2) is 8.43. The van der Waals surface area contributed by atoms with E-state index in [1.807, 2.05) is 19.1 Å². The van der Waals surface area contributed by atoms with Crippen LogP contribution in [0.25, 0.3) is 11.3 Å². The zero-order chi connectivity index (χ0) is 22.1. The SMILES string of the molecule is CC1Cn2cc([N+](=O)[O-])nc2O1.Cc1cc(-c2ccc3c(n2)CCN(C)C3)ccc1F. The number of likely N-dealkylation sites (N-methyl/N-ethyl adjacent to an activating group) is 1. The van der Waals surface area contributed by atoms with Gasteiger partial charge in [0, 0.05) is 35.8 Å². The van der Waals surface area contributed by atoms with Gasteiger partial charge in [-0.3, -0.25) is 9.55 Å². The van der Waals surface area contributed by atoms with Crippen LogP contribution in [-0.4, -0.2) is 44.1 Å². The summed E-state index contributed by atoms with van der Waals surface area (Å²) in [5.74, 6) is -0.319. The summed E-state index contributed by atoms with van der Waals surface area (Å²) in [6, 6.07) is 9.69. The van der Waals surface area contributed by atoms with Gasteiger partial charge in [0.2, 0.25) is 0 Å². The molecule has 0 saturated heterocycles. The minimum Gasteiger partial charge on any atom is -0.441 e. The lowest BCUT2D eigenvalue weighted by Gasteiger charge is -2.24. The molecule has 0 bridgehead atoms. The molecule has 1 atom stereocenters. The van der Waals surface area contributed by atoms with Crippen molar-refractivity contribution in [1.82, 2.24) is 19.4 Å². The Morgan fingerprint density at radius 3 is 2.77 bits per heavy atom. The Hall–Kier alpha value is -3.33. The Labute approximate surface area is 179 Å². The highest BCUT2D eigenvalue weighted by molar-refractivity contribution is 5.60. The van der Waals surface area contributed by atoms with Crippen molar-refractivity contribution in [2.75, 3.05) is 13.6 Å². The Bertz CT molecular complexity index is 1110. The van der Waals surface area contributed by atoms with Gasteiger partial charge < -0.3 is 19.8 Å². The Morgan fingerprint density at radius 2 is 2.06 bits per heavy atom. The minimum absolute atomic E-state index is 0.0632. The summed E-state index contributed by atoms with van der Waals surface area (Å²) >= 11 is 0. The Balaban J connectivity index is 0.000000166. The van der Waals surface area contributed by atoms with Gasteiger partial charge in [0.05, 0.1) is 12.2 Å². The third-order valence-electron chi connectivity index (χ3n) is 5.37. The fraction of sp³-hybridized carbons (Fsp3) is 0.364. The molecule has 2 aliphatic heterocycles. The molecule has 1 aromatic carbocycles. The van der Waals surface area contributed by atoms with Crippen LogP contribution in [0.3, 0.4) is 0 Å². The van der Waals surface area contributed by atoms with Crippen molar-refractivity contribution in [3.8, 4) is 17.3 Å². The lowest BCUT2D eigenvalue weighted by atomic mass is 10.0. The van der Waals surface area contributed by atoms with Gasteiger partial charge in [0.1, 0.15) is 18.1 Å². The third-order valence-corrected chi connectivity index (χ3v) is 5.37.